The second kappa shape index (κ2) is 5.67. The van der Waals surface area contributed by atoms with Gasteiger partial charge in [0.25, 0.3) is 5.91 Å². The molecule has 0 radical (unpaired) electrons. The van der Waals surface area contributed by atoms with E-state index >= 15 is 0 Å². The van der Waals surface area contributed by atoms with E-state index in [0.29, 0.717) is 19.4 Å². The fourth-order valence-corrected chi connectivity index (χ4v) is 2.67. The highest BCUT2D eigenvalue weighted by molar-refractivity contribution is 5.83. The Kier molecular flexibility index (Phi) is 4.19. The fourth-order valence-electron chi connectivity index (χ4n) is 2.67. The Morgan fingerprint density at radius 2 is 1.89 bits per heavy atom. The minimum absolute atomic E-state index is 0.0409. The third-order valence-electron chi connectivity index (χ3n) is 3.69. The number of carbonyl (C=O) groups is 2. The number of ether oxygens (including phenoxy) is 1. The molecule has 3 unspecified atom stereocenters. The molecule has 0 spiro atoms. The van der Waals surface area contributed by atoms with Crippen LogP contribution in [0.4, 0.5) is 0 Å². The first-order valence-electron chi connectivity index (χ1n) is 6.43. The van der Waals surface area contributed by atoms with Gasteiger partial charge in [-0.3, -0.25) is 4.79 Å². The summed E-state index contributed by atoms with van der Waals surface area (Å²) in [6.45, 7) is 0.586. The summed E-state index contributed by atoms with van der Waals surface area (Å²) < 4.78 is 5.26. The van der Waals surface area contributed by atoms with E-state index in [0.717, 1.165) is 19.3 Å². The molecule has 2 aliphatic heterocycles. The average molecular weight is 257 g/mol. The zero-order valence-electron chi connectivity index (χ0n) is 10.2. The first kappa shape index (κ1) is 13.3. The van der Waals surface area contributed by atoms with E-state index in [9.17, 15) is 14.7 Å². The molecular formula is C12H19NO5. The maximum absolute atomic E-state index is 12.2. The number of amides is 1. The van der Waals surface area contributed by atoms with Crippen molar-refractivity contribution < 1.29 is 24.5 Å². The van der Waals surface area contributed by atoms with Gasteiger partial charge in [-0.1, -0.05) is 0 Å². The number of likely N-dealkylation sites (tertiary alicyclic amines) is 1. The molecular weight excluding hydrogens is 238 g/mol. The van der Waals surface area contributed by atoms with Crippen LogP contribution in [0.2, 0.25) is 0 Å². The van der Waals surface area contributed by atoms with Gasteiger partial charge in [0.15, 0.2) is 6.10 Å². The summed E-state index contributed by atoms with van der Waals surface area (Å²) in [7, 11) is 0. The molecule has 0 aliphatic carbocycles. The molecule has 3 atom stereocenters. The summed E-state index contributed by atoms with van der Waals surface area (Å²) in [5.74, 6) is -1.18. The standard InChI is InChI=1S/C12H19NO5/c14-7-8-3-1-2-6-13(8)11(15)9-4-5-10(18-9)12(16)17/h8-10,14H,1-7H2,(H,16,17). The maximum atomic E-state index is 12.2. The van der Waals surface area contributed by atoms with Crippen LogP contribution in [0.25, 0.3) is 0 Å². The Hall–Kier alpha value is -1.14. The van der Waals surface area contributed by atoms with Crippen LogP contribution in [0, 0.1) is 0 Å². The van der Waals surface area contributed by atoms with Gasteiger partial charge in [-0.15, -0.1) is 0 Å². The smallest absolute Gasteiger partial charge is 0.332 e. The molecule has 6 heteroatoms. The number of nitrogens with zero attached hydrogens (tertiary/aromatic N) is 1. The molecule has 0 aromatic heterocycles. The molecule has 0 aromatic carbocycles. The van der Waals surface area contributed by atoms with Gasteiger partial charge in [0.2, 0.25) is 0 Å². The van der Waals surface area contributed by atoms with Gasteiger partial charge >= 0.3 is 5.97 Å². The normalized spacial score (nSPS) is 32.5. The number of hydrogen-bond acceptors (Lipinski definition) is 4. The van der Waals surface area contributed by atoms with Crippen LogP contribution in [0.15, 0.2) is 0 Å². The third-order valence-corrected chi connectivity index (χ3v) is 3.69. The number of piperidine rings is 1. The first-order chi connectivity index (χ1) is 8.63. The van der Waals surface area contributed by atoms with E-state index in [2.05, 4.69) is 0 Å². The van der Waals surface area contributed by atoms with E-state index in [1.54, 1.807) is 4.90 Å². The predicted molar refractivity (Wildman–Crippen MR) is 62.0 cm³/mol. The minimum atomic E-state index is -1.01. The van der Waals surface area contributed by atoms with Crippen molar-refractivity contribution >= 4 is 11.9 Å². The number of carboxylic acid groups (broad SMARTS) is 1. The SMILES string of the molecule is O=C(O)C1CCC(C(=O)N2CCCCC2CO)O1. The van der Waals surface area contributed by atoms with Crippen molar-refractivity contribution in [1.82, 2.24) is 4.90 Å². The molecule has 6 nitrogen and oxygen atoms in total. The summed E-state index contributed by atoms with van der Waals surface area (Å²) in [5, 5.41) is 18.1. The van der Waals surface area contributed by atoms with Crippen LogP contribution >= 0.6 is 0 Å². The molecule has 2 heterocycles. The van der Waals surface area contributed by atoms with Gasteiger partial charge in [0, 0.05) is 6.54 Å². The Morgan fingerprint density at radius 3 is 2.50 bits per heavy atom. The lowest BCUT2D eigenvalue weighted by Crippen LogP contribution is -2.49. The van der Waals surface area contributed by atoms with Gasteiger partial charge in [0.05, 0.1) is 12.6 Å². The molecule has 0 bridgehead atoms. The largest absolute Gasteiger partial charge is 0.479 e. The molecule has 0 aromatic rings. The molecule has 1 amide bonds. The van der Waals surface area contributed by atoms with Crippen molar-refractivity contribution in [2.45, 2.75) is 50.4 Å². The summed E-state index contributed by atoms with van der Waals surface area (Å²) in [6, 6.07) is -0.140. The van der Waals surface area contributed by atoms with Crippen LogP contribution in [0.5, 0.6) is 0 Å². The van der Waals surface area contributed by atoms with Crippen LogP contribution in [-0.2, 0) is 14.3 Å². The van der Waals surface area contributed by atoms with E-state index in [4.69, 9.17) is 9.84 Å². The number of aliphatic hydroxyl groups is 1. The van der Waals surface area contributed by atoms with Gasteiger partial charge in [-0.05, 0) is 32.1 Å². The van der Waals surface area contributed by atoms with E-state index < -0.39 is 18.2 Å². The lowest BCUT2D eigenvalue weighted by molar-refractivity contribution is -0.156. The molecule has 2 saturated heterocycles. The molecule has 2 N–H and O–H groups in total. The van der Waals surface area contributed by atoms with Gasteiger partial charge in [-0.2, -0.15) is 0 Å². The predicted octanol–water partition coefficient (Wildman–Crippen LogP) is -0.00800. The number of carboxylic acids is 1. The Labute approximate surface area is 106 Å². The third kappa shape index (κ3) is 2.64. The number of aliphatic hydroxyl groups excluding tert-OH is 1. The monoisotopic (exact) mass is 257 g/mol. The average Bonchev–Trinajstić information content (AvgIpc) is 2.87. The number of aliphatic carboxylic acids is 1. The number of hydrogen-bond donors (Lipinski definition) is 2. The number of rotatable bonds is 3. The summed E-state index contributed by atoms with van der Waals surface area (Å²) in [6.07, 6.45) is 2.05. The van der Waals surface area contributed by atoms with Crippen LogP contribution in [0.1, 0.15) is 32.1 Å². The summed E-state index contributed by atoms with van der Waals surface area (Å²) in [4.78, 5) is 24.7. The van der Waals surface area contributed by atoms with Crippen molar-refractivity contribution in [1.29, 1.82) is 0 Å². The zero-order valence-corrected chi connectivity index (χ0v) is 10.2. The first-order valence-corrected chi connectivity index (χ1v) is 6.43. The van der Waals surface area contributed by atoms with E-state index in [-0.39, 0.29) is 18.6 Å². The lowest BCUT2D eigenvalue weighted by Gasteiger charge is -2.36. The topological polar surface area (TPSA) is 87.1 Å². The minimum Gasteiger partial charge on any atom is -0.479 e. The van der Waals surface area contributed by atoms with Crippen LogP contribution in [-0.4, -0.2) is 58.4 Å². The Balaban J connectivity index is 1.96. The van der Waals surface area contributed by atoms with Crippen molar-refractivity contribution in [2.24, 2.45) is 0 Å². The number of carbonyl (C=O) groups excluding carboxylic acids is 1. The maximum Gasteiger partial charge on any atom is 0.332 e. The van der Waals surface area contributed by atoms with E-state index in [1.807, 2.05) is 0 Å². The van der Waals surface area contributed by atoms with Gasteiger partial charge in [-0.25, -0.2) is 4.79 Å². The highest BCUT2D eigenvalue weighted by atomic mass is 16.5. The Morgan fingerprint density at radius 1 is 1.17 bits per heavy atom. The molecule has 2 aliphatic rings. The lowest BCUT2D eigenvalue weighted by atomic mass is 10.0. The quantitative estimate of drug-likeness (QED) is 0.742. The zero-order chi connectivity index (χ0) is 13.1. The molecule has 102 valence electrons. The van der Waals surface area contributed by atoms with Crippen molar-refractivity contribution in [2.75, 3.05) is 13.2 Å². The molecule has 18 heavy (non-hydrogen) atoms. The molecule has 2 fully saturated rings. The van der Waals surface area contributed by atoms with Gasteiger partial charge < -0.3 is 19.8 Å². The highest BCUT2D eigenvalue weighted by Crippen LogP contribution is 2.25. The van der Waals surface area contributed by atoms with Gasteiger partial charge in [0.1, 0.15) is 6.10 Å². The second-order valence-electron chi connectivity index (χ2n) is 4.89. The van der Waals surface area contributed by atoms with Crippen LogP contribution < -0.4 is 0 Å². The van der Waals surface area contributed by atoms with E-state index in [1.165, 1.54) is 0 Å². The molecule has 2 rings (SSSR count). The van der Waals surface area contributed by atoms with Crippen molar-refractivity contribution in [3.05, 3.63) is 0 Å². The Bertz CT molecular complexity index is 332. The summed E-state index contributed by atoms with van der Waals surface area (Å²) in [5.41, 5.74) is 0. The molecule has 0 saturated carbocycles. The van der Waals surface area contributed by atoms with Crippen molar-refractivity contribution in [3.8, 4) is 0 Å². The fraction of sp³-hybridized carbons (Fsp3) is 0.833. The second-order valence-corrected chi connectivity index (χ2v) is 4.89. The summed E-state index contributed by atoms with van der Waals surface area (Å²) >= 11 is 0. The highest BCUT2D eigenvalue weighted by Gasteiger charge is 2.38. The van der Waals surface area contributed by atoms with Crippen molar-refractivity contribution in [3.63, 3.8) is 0 Å². The van der Waals surface area contributed by atoms with Crippen LogP contribution in [0.3, 0.4) is 0 Å².